The quantitative estimate of drug-likeness (QED) is 0.0527. The molecular weight excluding hydrogens is 579 g/mol. The van der Waals surface area contributed by atoms with Crippen molar-refractivity contribution in [2.45, 2.75) is 219 Å². The van der Waals surface area contributed by atoms with Gasteiger partial charge in [0.1, 0.15) is 0 Å². The average molecular weight is 664 g/mol. The summed E-state index contributed by atoms with van der Waals surface area (Å²) in [6, 6.07) is 0.839. The SMILES string of the molecule is CCCCC/C=C\C/C=C\CCCCCCCCC1(CCCCCCCC/C=C\C/C=C\CCCCC)CC2CCC(N(C)C)CC2C1. The lowest BCUT2D eigenvalue weighted by Crippen LogP contribution is -2.35. The Morgan fingerprint density at radius 3 is 1.29 bits per heavy atom. The highest BCUT2D eigenvalue weighted by Gasteiger charge is 2.46. The lowest BCUT2D eigenvalue weighted by Gasteiger charge is -2.35. The molecule has 2 saturated carbocycles. The molecule has 0 aliphatic heterocycles. The van der Waals surface area contributed by atoms with Crippen LogP contribution in [0.4, 0.5) is 0 Å². The molecule has 0 amide bonds. The molecule has 3 atom stereocenters. The standard InChI is InChI=1S/C47H85N/c1-5-7-9-11-13-15-17-19-21-23-25-27-29-31-33-35-39-47(42-44-37-38-46(48(3)4)41-45(44)43-47)40-36-34-32-30-28-26-24-22-20-18-16-14-12-10-8-6-2/h13-16,19-22,44-46H,5-12,17-18,23-43H2,1-4H3/b15-13-,16-14-,21-19-,22-20-. The van der Waals surface area contributed by atoms with E-state index in [1.165, 1.54) is 173 Å². The van der Waals surface area contributed by atoms with Crippen molar-refractivity contribution in [3.05, 3.63) is 48.6 Å². The van der Waals surface area contributed by atoms with E-state index in [9.17, 15) is 0 Å². The van der Waals surface area contributed by atoms with Gasteiger partial charge in [-0.15, -0.1) is 0 Å². The van der Waals surface area contributed by atoms with Crippen molar-refractivity contribution in [3.63, 3.8) is 0 Å². The van der Waals surface area contributed by atoms with E-state index in [-0.39, 0.29) is 0 Å². The third-order valence-electron chi connectivity index (χ3n) is 12.0. The van der Waals surface area contributed by atoms with E-state index >= 15 is 0 Å². The van der Waals surface area contributed by atoms with Crippen LogP contribution in [0.25, 0.3) is 0 Å². The van der Waals surface area contributed by atoms with E-state index in [2.05, 4.69) is 81.5 Å². The molecule has 0 radical (unpaired) electrons. The Labute approximate surface area is 303 Å². The molecule has 2 rings (SSSR count). The molecule has 1 nitrogen and oxygen atoms in total. The smallest absolute Gasteiger partial charge is 0.00920 e. The molecule has 0 aromatic heterocycles. The summed E-state index contributed by atoms with van der Waals surface area (Å²) in [6.07, 6.45) is 62.4. The maximum atomic E-state index is 2.53. The molecule has 0 aromatic carbocycles. The van der Waals surface area contributed by atoms with Crippen LogP contribution < -0.4 is 0 Å². The second-order valence-corrected chi connectivity index (χ2v) is 16.5. The van der Waals surface area contributed by atoms with Gasteiger partial charge in [0.25, 0.3) is 0 Å². The molecule has 0 bridgehead atoms. The van der Waals surface area contributed by atoms with Crippen LogP contribution in [-0.4, -0.2) is 25.0 Å². The zero-order chi connectivity index (χ0) is 34.4. The third-order valence-corrected chi connectivity index (χ3v) is 12.0. The predicted molar refractivity (Wildman–Crippen MR) is 218 cm³/mol. The Hall–Kier alpha value is -1.08. The number of hydrogen-bond acceptors (Lipinski definition) is 1. The highest BCUT2D eigenvalue weighted by atomic mass is 15.1. The van der Waals surface area contributed by atoms with Gasteiger partial charge in [0, 0.05) is 6.04 Å². The maximum Gasteiger partial charge on any atom is 0.00920 e. The first-order valence-electron chi connectivity index (χ1n) is 21.9. The fraction of sp³-hybridized carbons (Fsp3) is 0.830. The van der Waals surface area contributed by atoms with Crippen molar-refractivity contribution in [2.24, 2.45) is 17.3 Å². The molecule has 3 unspecified atom stereocenters. The molecule has 0 N–H and O–H groups in total. The third kappa shape index (κ3) is 21.2. The second kappa shape index (κ2) is 29.6. The minimum atomic E-state index is 0.682. The van der Waals surface area contributed by atoms with Gasteiger partial charge in [-0.3, -0.25) is 0 Å². The summed E-state index contributed by atoms with van der Waals surface area (Å²) < 4.78 is 0. The van der Waals surface area contributed by atoms with Gasteiger partial charge in [-0.25, -0.2) is 0 Å². The summed E-state index contributed by atoms with van der Waals surface area (Å²) in [4.78, 5) is 2.53. The van der Waals surface area contributed by atoms with E-state index < -0.39 is 0 Å². The zero-order valence-electron chi connectivity index (χ0n) is 33.2. The first-order valence-corrected chi connectivity index (χ1v) is 21.9. The monoisotopic (exact) mass is 664 g/mol. The van der Waals surface area contributed by atoms with Gasteiger partial charge in [-0.1, -0.05) is 152 Å². The Bertz CT molecular complexity index is 782. The second-order valence-electron chi connectivity index (χ2n) is 16.5. The normalized spacial score (nSPS) is 21.2. The van der Waals surface area contributed by atoms with Crippen molar-refractivity contribution in [1.82, 2.24) is 4.90 Å². The average Bonchev–Trinajstić information content (AvgIpc) is 3.45. The first-order chi connectivity index (χ1) is 23.6. The highest BCUT2D eigenvalue weighted by Crippen LogP contribution is 2.56. The Morgan fingerprint density at radius 2 is 0.854 bits per heavy atom. The molecule has 0 saturated heterocycles. The van der Waals surface area contributed by atoms with Gasteiger partial charge in [0.05, 0.1) is 0 Å². The van der Waals surface area contributed by atoms with Crippen LogP contribution in [0.1, 0.15) is 213 Å². The van der Waals surface area contributed by atoms with Gasteiger partial charge >= 0.3 is 0 Å². The van der Waals surface area contributed by atoms with E-state index in [0.717, 1.165) is 30.7 Å². The molecule has 2 aliphatic rings. The maximum absolute atomic E-state index is 2.53. The van der Waals surface area contributed by atoms with Gasteiger partial charge < -0.3 is 4.90 Å². The summed E-state index contributed by atoms with van der Waals surface area (Å²) >= 11 is 0. The lowest BCUT2D eigenvalue weighted by atomic mass is 9.75. The van der Waals surface area contributed by atoms with Crippen molar-refractivity contribution in [1.29, 1.82) is 0 Å². The summed E-state index contributed by atoms with van der Waals surface area (Å²) in [7, 11) is 4.64. The fourth-order valence-electron chi connectivity index (χ4n) is 9.00. The molecule has 0 spiro atoms. The van der Waals surface area contributed by atoms with Crippen molar-refractivity contribution in [2.75, 3.05) is 14.1 Å². The molecule has 278 valence electrons. The topological polar surface area (TPSA) is 3.24 Å². The van der Waals surface area contributed by atoms with Gasteiger partial charge in [-0.05, 0) is 141 Å². The summed E-state index contributed by atoms with van der Waals surface area (Å²) in [5.41, 5.74) is 0.682. The van der Waals surface area contributed by atoms with Crippen LogP contribution in [0.15, 0.2) is 48.6 Å². The fourth-order valence-corrected chi connectivity index (χ4v) is 9.00. The number of nitrogens with zero attached hydrogens (tertiary/aromatic N) is 1. The van der Waals surface area contributed by atoms with Crippen molar-refractivity contribution >= 4 is 0 Å². The predicted octanol–water partition coefficient (Wildman–Crippen LogP) is 15.5. The molecule has 0 heterocycles. The van der Waals surface area contributed by atoms with Gasteiger partial charge in [0.15, 0.2) is 0 Å². The van der Waals surface area contributed by atoms with Crippen LogP contribution in [0.3, 0.4) is 0 Å². The van der Waals surface area contributed by atoms with E-state index in [0.29, 0.717) is 5.41 Å². The number of unbranched alkanes of at least 4 members (excludes halogenated alkanes) is 18. The number of fused-ring (bicyclic) bond motifs is 1. The van der Waals surface area contributed by atoms with E-state index in [4.69, 9.17) is 0 Å². The number of rotatable bonds is 31. The van der Waals surface area contributed by atoms with Gasteiger partial charge in [-0.2, -0.15) is 0 Å². The minimum absolute atomic E-state index is 0.682. The van der Waals surface area contributed by atoms with Crippen LogP contribution in [0.2, 0.25) is 0 Å². The van der Waals surface area contributed by atoms with Crippen molar-refractivity contribution < 1.29 is 0 Å². The Kier molecular flexibility index (Phi) is 26.6. The minimum Gasteiger partial charge on any atom is -0.306 e. The van der Waals surface area contributed by atoms with Gasteiger partial charge in [0.2, 0.25) is 0 Å². The van der Waals surface area contributed by atoms with Crippen LogP contribution in [-0.2, 0) is 0 Å². The lowest BCUT2D eigenvalue weighted by molar-refractivity contribution is 0.152. The van der Waals surface area contributed by atoms with E-state index in [1.54, 1.807) is 12.8 Å². The molecule has 1 heteroatoms. The largest absolute Gasteiger partial charge is 0.306 e. The number of allylic oxidation sites excluding steroid dienone is 8. The molecule has 2 fully saturated rings. The number of hydrogen-bond donors (Lipinski definition) is 0. The van der Waals surface area contributed by atoms with Crippen molar-refractivity contribution in [3.8, 4) is 0 Å². The summed E-state index contributed by atoms with van der Waals surface area (Å²) in [5.74, 6) is 2.05. The van der Waals surface area contributed by atoms with Crippen LogP contribution in [0, 0.1) is 17.3 Å². The molecule has 2 aliphatic carbocycles. The summed E-state index contributed by atoms with van der Waals surface area (Å²) in [6.45, 7) is 4.56. The van der Waals surface area contributed by atoms with Crippen LogP contribution >= 0.6 is 0 Å². The molecule has 48 heavy (non-hydrogen) atoms. The summed E-state index contributed by atoms with van der Waals surface area (Å²) in [5, 5.41) is 0. The first kappa shape index (κ1) is 43.1. The zero-order valence-corrected chi connectivity index (χ0v) is 33.2. The molecule has 0 aromatic rings. The van der Waals surface area contributed by atoms with Crippen LogP contribution in [0.5, 0.6) is 0 Å². The molecular formula is C47H85N. The highest BCUT2D eigenvalue weighted by molar-refractivity contribution is 4.98. The Balaban J connectivity index is 1.59. The van der Waals surface area contributed by atoms with E-state index in [1.807, 2.05) is 0 Å². The Morgan fingerprint density at radius 1 is 0.458 bits per heavy atom.